The van der Waals surface area contributed by atoms with E-state index in [0.29, 0.717) is 23.1 Å². The van der Waals surface area contributed by atoms with Gasteiger partial charge in [-0.05, 0) is 43.2 Å². The summed E-state index contributed by atoms with van der Waals surface area (Å²) < 4.78 is 42.0. The quantitative estimate of drug-likeness (QED) is 0.463. The first-order chi connectivity index (χ1) is 16.3. The van der Waals surface area contributed by atoms with Gasteiger partial charge in [0.25, 0.3) is 11.1 Å². The first-order valence-corrected chi connectivity index (χ1v) is 11.5. The second kappa shape index (κ2) is 9.01. The first-order valence-electron chi connectivity index (χ1n) is 10.3. The van der Waals surface area contributed by atoms with E-state index in [0.717, 1.165) is 36.8 Å². The Kier molecular flexibility index (Phi) is 6.04. The minimum Gasteiger partial charge on any atom is -0.463 e. The van der Waals surface area contributed by atoms with Crippen LogP contribution in [0.4, 0.5) is 13.9 Å². The van der Waals surface area contributed by atoms with Crippen molar-refractivity contribution in [1.29, 1.82) is 0 Å². The van der Waals surface area contributed by atoms with Gasteiger partial charge < -0.3 is 14.2 Å². The van der Waals surface area contributed by atoms with Crippen LogP contribution in [0.2, 0.25) is 5.15 Å². The van der Waals surface area contributed by atoms with Gasteiger partial charge >= 0.3 is 6.61 Å². The van der Waals surface area contributed by atoms with Gasteiger partial charge in [-0.2, -0.15) is 8.78 Å². The van der Waals surface area contributed by atoms with Gasteiger partial charge in [-0.25, -0.2) is 4.98 Å². The molecule has 3 aromatic heterocycles. The largest absolute Gasteiger partial charge is 0.463 e. The smallest absolute Gasteiger partial charge is 0.387 e. The molecule has 9 nitrogen and oxygen atoms in total. The first kappa shape index (κ1) is 22.8. The molecule has 1 saturated carbocycles. The Balaban J connectivity index is 1.36. The average molecular weight is 510 g/mol. The zero-order valence-electron chi connectivity index (χ0n) is 17.8. The Morgan fingerprint density at radius 1 is 1.26 bits per heavy atom. The highest BCUT2D eigenvalue weighted by Gasteiger charge is 2.51. The monoisotopic (exact) mass is 509 g/mol. The molecule has 1 N–H and O–H groups in total. The van der Waals surface area contributed by atoms with Crippen LogP contribution in [0.25, 0.3) is 11.1 Å². The number of amides is 1. The number of nitrogens with zero attached hydrogens (tertiary/aromatic N) is 4. The molecule has 0 unspecified atom stereocenters. The minimum atomic E-state index is -3.08. The number of pyridine rings is 2. The Morgan fingerprint density at radius 3 is 2.82 bits per heavy atom. The number of anilines is 1. The van der Waals surface area contributed by atoms with Gasteiger partial charge in [-0.3, -0.25) is 15.1 Å². The zero-order chi connectivity index (χ0) is 23.9. The molecule has 1 atom stereocenters. The van der Waals surface area contributed by atoms with E-state index in [4.69, 9.17) is 21.1 Å². The summed E-state index contributed by atoms with van der Waals surface area (Å²) in [5.41, 5.74) is 1.10. The summed E-state index contributed by atoms with van der Waals surface area (Å²) in [5, 5.41) is 11.2. The van der Waals surface area contributed by atoms with Gasteiger partial charge in [0.15, 0.2) is 5.75 Å². The van der Waals surface area contributed by atoms with E-state index in [-0.39, 0.29) is 38.9 Å². The fourth-order valence-electron chi connectivity index (χ4n) is 3.76. The summed E-state index contributed by atoms with van der Waals surface area (Å²) in [6.07, 6.45) is 5.22. The van der Waals surface area contributed by atoms with Crippen LogP contribution in [-0.4, -0.2) is 51.0 Å². The highest BCUT2D eigenvalue weighted by Crippen LogP contribution is 2.48. The molecule has 3 aromatic rings. The Bertz CT molecular complexity index is 1240. The predicted octanol–water partition coefficient (Wildman–Crippen LogP) is 4.51. The lowest BCUT2D eigenvalue weighted by Crippen LogP contribution is -2.16. The standard InChI is InChI=1S/C21H18ClF2N5O4S/c1-10-4-12(13-5-16(22)26-8-15(13)33-18(23)24)14(7-25-10)17(30)27-19-28-29-20(34-19)32-11-6-21(2-3-21)31-9-11/h4-5,7-8,11,18H,2-3,6,9H2,1H3,(H,27,28,30)/t11-/m1/s1. The van der Waals surface area contributed by atoms with Crippen molar-refractivity contribution in [3.05, 3.63) is 40.9 Å². The number of aryl methyl sites for hydroxylation is 1. The lowest BCUT2D eigenvalue weighted by molar-refractivity contribution is -0.0496. The number of alkyl halides is 2. The molecular formula is C21H18ClF2N5O4S. The third kappa shape index (κ3) is 4.93. The van der Waals surface area contributed by atoms with Crippen molar-refractivity contribution in [3.63, 3.8) is 0 Å². The number of ether oxygens (including phenoxy) is 3. The molecule has 1 aliphatic carbocycles. The fraction of sp³-hybridized carbons (Fsp3) is 0.381. The SMILES string of the molecule is Cc1cc(-c2cc(Cl)ncc2OC(F)F)c(C(=O)Nc2nnc(O[C@H]3COC4(CC4)C3)s2)cn1. The van der Waals surface area contributed by atoms with Gasteiger partial charge in [-0.1, -0.05) is 16.7 Å². The number of carbonyl (C=O) groups is 1. The molecule has 1 spiro atoms. The van der Waals surface area contributed by atoms with Crippen molar-refractivity contribution in [2.24, 2.45) is 0 Å². The predicted molar refractivity (Wildman–Crippen MR) is 119 cm³/mol. The van der Waals surface area contributed by atoms with E-state index >= 15 is 0 Å². The molecule has 4 heterocycles. The Morgan fingerprint density at radius 2 is 2.09 bits per heavy atom. The highest BCUT2D eigenvalue weighted by molar-refractivity contribution is 7.17. The van der Waals surface area contributed by atoms with Crippen LogP contribution in [0.15, 0.2) is 24.5 Å². The zero-order valence-corrected chi connectivity index (χ0v) is 19.3. The number of rotatable bonds is 7. The number of hydrogen-bond acceptors (Lipinski definition) is 9. The maximum absolute atomic E-state index is 13.1. The molecule has 1 aliphatic heterocycles. The third-order valence-electron chi connectivity index (χ3n) is 5.50. The van der Waals surface area contributed by atoms with Crippen LogP contribution in [0.1, 0.15) is 35.3 Å². The van der Waals surface area contributed by atoms with E-state index in [1.807, 2.05) is 0 Å². The fourth-order valence-corrected chi connectivity index (χ4v) is 4.58. The second-order valence-electron chi connectivity index (χ2n) is 8.02. The molecule has 5 rings (SSSR count). The molecule has 1 saturated heterocycles. The van der Waals surface area contributed by atoms with Gasteiger partial charge in [-0.15, -0.1) is 5.10 Å². The number of carbonyl (C=O) groups excluding carboxylic acids is 1. The molecule has 0 aromatic carbocycles. The molecule has 1 amide bonds. The Hall–Kier alpha value is -2.96. The summed E-state index contributed by atoms with van der Waals surface area (Å²) in [7, 11) is 0. The average Bonchev–Trinajstić information content (AvgIpc) is 3.21. The van der Waals surface area contributed by atoms with Gasteiger partial charge in [0.1, 0.15) is 11.3 Å². The van der Waals surface area contributed by atoms with Crippen LogP contribution in [0, 0.1) is 6.92 Å². The number of halogens is 3. The van der Waals surface area contributed by atoms with E-state index in [1.54, 1.807) is 13.0 Å². The number of nitrogens with one attached hydrogen (secondary N) is 1. The van der Waals surface area contributed by atoms with Crippen LogP contribution < -0.4 is 14.8 Å². The summed E-state index contributed by atoms with van der Waals surface area (Å²) in [6, 6.07) is 2.92. The normalized spacial score (nSPS) is 18.3. The van der Waals surface area contributed by atoms with Crippen LogP contribution in [0.5, 0.6) is 10.9 Å². The molecule has 0 radical (unpaired) electrons. The van der Waals surface area contributed by atoms with Gasteiger partial charge in [0, 0.05) is 29.4 Å². The molecule has 2 aliphatic rings. The topological polar surface area (TPSA) is 108 Å². The number of hydrogen-bond donors (Lipinski definition) is 1. The van der Waals surface area contributed by atoms with E-state index in [2.05, 4.69) is 30.2 Å². The van der Waals surface area contributed by atoms with Crippen molar-refractivity contribution < 1.29 is 27.8 Å². The number of aromatic nitrogens is 4. The minimum absolute atomic E-state index is 0.0238. The lowest BCUT2D eigenvalue weighted by Gasteiger charge is -2.14. The summed E-state index contributed by atoms with van der Waals surface area (Å²) in [4.78, 5) is 21.0. The van der Waals surface area contributed by atoms with Crippen LogP contribution in [-0.2, 0) is 4.74 Å². The van der Waals surface area contributed by atoms with E-state index in [1.165, 1.54) is 12.3 Å². The van der Waals surface area contributed by atoms with Crippen molar-refractivity contribution in [3.8, 4) is 22.1 Å². The van der Waals surface area contributed by atoms with Gasteiger partial charge in [0.2, 0.25) is 5.13 Å². The van der Waals surface area contributed by atoms with Crippen molar-refractivity contribution in [1.82, 2.24) is 20.2 Å². The summed E-state index contributed by atoms with van der Waals surface area (Å²) in [6.45, 7) is -0.882. The summed E-state index contributed by atoms with van der Waals surface area (Å²) >= 11 is 7.06. The lowest BCUT2D eigenvalue weighted by atomic mass is 10.0. The van der Waals surface area contributed by atoms with E-state index in [9.17, 15) is 13.6 Å². The third-order valence-corrected chi connectivity index (χ3v) is 6.44. The maximum Gasteiger partial charge on any atom is 0.387 e. The van der Waals surface area contributed by atoms with Crippen molar-refractivity contribution >= 4 is 34.0 Å². The highest BCUT2D eigenvalue weighted by atomic mass is 35.5. The summed E-state index contributed by atoms with van der Waals surface area (Å²) in [5.74, 6) is -0.792. The molecule has 2 fully saturated rings. The molecule has 13 heteroatoms. The maximum atomic E-state index is 13.1. The molecule has 178 valence electrons. The van der Waals surface area contributed by atoms with Crippen molar-refractivity contribution in [2.45, 2.75) is 44.5 Å². The van der Waals surface area contributed by atoms with Gasteiger partial charge in [0.05, 0.1) is 24.0 Å². The Labute approximate surface area is 201 Å². The second-order valence-corrected chi connectivity index (χ2v) is 9.35. The van der Waals surface area contributed by atoms with Crippen LogP contribution >= 0.6 is 22.9 Å². The van der Waals surface area contributed by atoms with Crippen molar-refractivity contribution in [2.75, 3.05) is 11.9 Å². The molecule has 34 heavy (non-hydrogen) atoms. The van der Waals surface area contributed by atoms with E-state index < -0.39 is 12.5 Å². The molecule has 0 bridgehead atoms. The van der Waals surface area contributed by atoms with Crippen LogP contribution in [0.3, 0.4) is 0 Å². The molecular weight excluding hydrogens is 492 g/mol.